The summed E-state index contributed by atoms with van der Waals surface area (Å²) in [5, 5.41) is 2.78. The second-order valence-electron chi connectivity index (χ2n) is 7.33. The van der Waals surface area contributed by atoms with E-state index in [0.717, 1.165) is 23.3 Å². The average Bonchev–Trinajstić information content (AvgIpc) is 3.48. The molecule has 168 valence electrons. The van der Waals surface area contributed by atoms with Crippen LogP contribution in [0, 0.1) is 5.82 Å². The number of rotatable bonds is 7. The average molecular weight is 475 g/mol. The quantitative estimate of drug-likeness (QED) is 0.524. The van der Waals surface area contributed by atoms with Crippen LogP contribution >= 0.6 is 11.3 Å². The molecule has 2 aromatic carbocycles. The summed E-state index contributed by atoms with van der Waals surface area (Å²) in [5.41, 5.74) is 1.18. The molecule has 32 heavy (non-hydrogen) atoms. The van der Waals surface area contributed by atoms with Gasteiger partial charge in [0, 0.05) is 23.7 Å². The van der Waals surface area contributed by atoms with Gasteiger partial charge in [-0.1, -0.05) is 12.1 Å². The molecule has 1 aromatic heterocycles. The maximum Gasteiger partial charge on any atom is 0.265 e. The van der Waals surface area contributed by atoms with Crippen molar-refractivity contribution in [2.75, 3.05) is 25.0 Å². The number of benzene rings is 2. The van der Waals surface area contributed by atoms with Gasteiger partial charge in [-0.25, -0.2) is 12.8 Å². The van der Waals surface area contributed by atoms with E-state index in [-0.39, 0.29) is 22.4 Å². The van der Waals surface area contributed by atoms with Crippen LogP contribution in [-0.4, -0.2) is 38.3 Å². The predicted molar refractivity (Wildman–Crippen MR) is 123 cm³/mol. The van der Waals surface area contributed by atoms with E-state index in [0.29, 0.717) is 30.3 Å². The van der Waals surface area contributed by atoms with Crippen molar-refractivity contribution in [2.24, 2.45) is 0 Å². The number of anilines is 1. The van der Waals surface area contributed by atoms with Gasteiger partial charge in [0.25, 0.3) is 5.91 Å². The first kappa shape index (κ1) is 22.4. The van der Waals surface area contributed by atoms with E-state index in [1.807, 2.05) is 0 Å². The van der Waals surface area contributed by atoms with Gasteiger partial charge in [0.1, 0.15) is 16.5 Å². The smallest absolute Gasteiger partial charge is 0.265 e. The summed E-state index contributed by atoms with van der Waals surface area (Å²) in [4.78, 5) is 14.1. The largest absolute Gasteiger partial charge is 0.492 e. The maximum atomic E-state index is 13.2. The number of hydrogen-bond acceptors (Lipinski definition) is 5. The minimum atomic E-state index is -3.72. The van der Waals surface area contributed by atoms with Gasteiger partial charge in [0.2, 0.25) is 10.0 Å². The Morgan fingerprint density at radius 2 is 1.81 bits per heavy atom. The number of nitrogens with one attached hydrogen (secondary N) is 1. The highest BCUT2D eigenvalue weighted by Gasteiger charge is 2.30. The summed E-state index contributed by atoms with van der Waals surface area (Å²) in [6, 6.07) is 14.2. The lowest BCUT2D eigenvalue weighted by atomic mass is 10.2. The Kier molecular flexibility index (Phi) is 6.59. The van der Waals surface area contributed by atoms with Crippen LogP contribution in [-0.2, 0) is 10.0 Å². The van der Waals surface area contributed by atoms with Crippen molar-refractivity contribution >= 4 is 33.0 Å². The Bertz CT molecular complexity index is 1220. The first-order valence-electron chi connectivity index (χ1n) is 10.3. The van der Waals surface area contributed by atoms with Crippen LogP contribution in [0.15, 0.2) is 59.5 Å². The van der Waals surface area contributed by atoms with Crippen molar-refractivity contribution in [2.45, 2.75) is 24.7 Å². The van der Waals surface area contributed by atoms with Crippen LogP contribution in [0.5, 0.6) is 5.75 Å². The van der Waals surface area contributed by atoms with Gasteiger partial charge in [-0.3, -0.25) is 4.79 Å². The van der Waals surface area contributed by atoms with Crippen LogP contribution in [0.3, 0.4) is 0 Å². The van der Waals surface area contributed by atoms with Crippen LogP contribution < -0.4 is 10.1 Å². The molecule has 9 heteroatoms. The molecule has 1 aliphatic rings. The van der Waals surface area contributed by atoms with Gasteiger partial charge in [-0.2, -0.15) is 4.31 Å². The highest BCUT2D eigenvalue weighted by Crippen LogP contribution is 2.33. The van der Waals surface area contributed by atoms with Crippen LogP contribution in [0.4, 0.5) is 10.1 Å². The maximum absolute atomic E-state index is 13.2. The number of carbonyl (C=O) groups excluding carboxylic acids is 1. The Morgan fingerprint density at radius 1 is 1.09 bits per heavy atom. The molecule has 4 rings (SSSR count). The van der Waals surface area contributed by atoms with Crippen molar-refractivity contribution in [3.05, 3.63) is 65.3 Å². The monoisotopic (exact) mass is 474 g/mol. The van der Waals surface area contributed by atoms with Crippen molar-refractivity contribution in [1.82, 2.24) is 4.31 Å². The van der Waals surface area contributed by atoms with E-state index < -0.39 is 10.0 Å². The minimum Gasteiger partial charge on any atom is -0.492 e. The lowest BCUT2D eigenvalue weighted by Gasteiger charge is -2.19. The molecule has 3 aromatic rings. The number of sulfonamides is 1. The second kappa shape index (κ2) is 9.40. The number of amides is 1. The number of halogens is 1. The van der Waals surface area contributed by atoms with Crippen molar-refractivity contribution in [1.29, 1.82) is 0 Å². The summed E-state index contributed by atoms with van der Waals surface area (Å²) in [6.45, 7) is 3.07. The predicted octanol–water partition coefficient (Wildman–Crippen LogP) is 4.99. The summed E-state index contributed by atoms with van der Waals surface area (Å²) in [7, 11) is -3.72. The van der Waals surface area contributed by atoms with E-state index in [4.69, 9.17) is 4.74 Å². The zero-order chi connectivity index (χ0) is 22.7. The van der Waals surface area contributed by atoms with Gasteiger partial charge in [-0.15, -0.1) is 11.3 Å². The van der Waals surface area contributed by atoms with Crippen LogP contribution in [0.1, 0.15) is 29.4 Å². The molecule has 0 bridgehead atoms. The third-order valence-electron chi connectivity index (χ3n) is 5.14. The third kappa shape index (κ3) is 4.69. The standard InChI is InChI=1S/C23H23FN2O4S2/c1-2-30-19-10-9-18(15-22(19)32(28,29)26-13-3-4-14-26)25-23(27)21-12-11-20(31-21)16-5-7-17(24)8-6-16/h5-12,15H,2-4,13-14H2,1H3,(H,25,27). The van der Waals surface area contributed by atoms with Gasteiger partial charge in [0.05, 0.1) is 11.5 Å². The van der Waals surface area contributed by atoms with Crippen LogP contribution in [0.25, 0.3) is 10.4 Å². The molecule has 2 heterocycles. The van der Waals surface area contributed by atoms with Gasteiger partial charge < -0.3 is 10.1 Å². The van der Waals surface area contributed by atoms with Gasteiger partial charge >= 0.3 is 0 Å². The topological polar surface area (TPSA) is 75.7 Å². The van der Waals surface area contributed by atoms with E-state index >= 15 is 0 Å². The zero-order valence-electron chi connectivity index (χ0n) is 17.5. The second-order valence-corrected chi connectivity index (χ2v) is 10.3. The van der Waals surface area contributed by atoms with E-state index in [1.165, 1.54) is 33.8 Å². The molecule has 1 N–H and O–H groups in total. The number of nitrogens with zero attached hydrogens (tertiary/aromatic N) is 1. The minimum absolute atomic E-state index is 0.0530. The molecule has 0 spiro atoms. The number of ether oxygens (including phenoxy) is 1. The lowest BCUT2D eigenvalue weighted by Crippen LogP contribution is -2.28. The third-order valence-corrected chi connectivity index (χ3v) is 8.20. The molecule has 0 unspecified atom stereocenters. The van der Waals surface area contributed by atoms with E-state index in [1.54, 1.807) is 43.3 Å². The normalized spacial score (nSPS) is 14.4. The van der Waals surface area contributed by atoms with Gasteiger partial charge in [-0.05, 0) is 67.8 Å². The molecule has 1 aliphatic heterocycles. The van der Waals surface area contributed by atoms with Crippen LogP contribution in [0.2, 0.25) is 0 Å². The zero-order valence-corrected chi connectivity index (χ0v) is 19.1. The molecular formula is C23H23FN2O4S2. The first-order valence-corrected chi connectivity index (χ1v) is 12.6. The summed E-state index contributed by atoms with van der Waals surface area (Å²) >= 11 is 1.27. The molecule has 1 saturated heterocycles. The Labute approximate surface area is 190 Å². The summed E-state index contributed by atoms with van der Waals surface area (Å²) in [5.74, 6) is -0.400. The lowest BCUT2D eigenvalue weighted by molar-refractivity contribution is 0.103. The molecular weight excluding hydrogens is 451 g/mol. The molecule has 0 radical (unpaired) electrons. The van der Waals surface area contributed by atoms with E-state index in [9.17, 15) is 17.6 Å². The fourth-order valence-corrected chi connectivity index (χ4v) is 6.13. The highest BCUT2D eigenvalue weighted by atomic mass is 32.2. The molecule has 1 fully saturated rings. The SMILES string of the molecule is CCOc1ccc(NC(=O)c2ccc(-c3ccc(F)cc3)s2)cc1S(=O)(=O)N1CCCC1. The Balaban J connectivity index is 1.58. The van der Waals surface area contributed by atoms with Crippen molar-refractivity contribution in [3.63, 3.8) is 0 Å². The Hall–Kier alpha value is -2.75. The Morgan fingerprint density at radius 3 is 2.50 bits per heavy atom. The highest BCUT2D eigenvalue weighted by molar-refractivity contribution is 7.89. The summed E-state index contributed by atoms with van der Waals surface area (Å²) < 4.78 is 46.4. The number of carbonyl (C=O) groups is 1. The molecule has 6 nitrogen and oxygen atoms in total. The molecule has 0 aliphatic carbocycles. The fourth-order valence-electron chi connectivity index (χ4n) is 3.55. The molecule has 0 atom stereocenters. The molecule has 1 amide bonds. The van der Waals surface area contributed by atoms with Crippen molar-refractivity contribution in [3.8, 4) is 16.2 Å². The van der Waals surface area contributed by atoms with Gasteiger partial charge in [0.15, 0.2) is 0 Å². The molecule has 0 saturated carbocycles. The fraction of sp³-hybridized carbons (Fsp3) is 0.261. The number of thiophene rings is 1. The van der Waals surface area contributed by atoms with E-state index in [2.05, 4.69) is 5.32 Å². The summed E-state index contributed by atoms with van der Waals surface area (Å²) in [6.07, 6.45) is 1.66. The van der Waals surface area contributed by atoms with Crippen molar-refractivity contribution < 1.29 is 22.3 Å². The number of hydrogen-bond donors (Lipinski definition) is 1. The first-order chi connectivity index (χ1) is 15.4.